The number of aliphatic hydroxyl groups excluding tert-OH is 2. The van der Waals surface area contributed by atoms with Crippen LogP contribution in [0.1, 0.15) is 489 Å². The fraction of sp³-hybridized carbons (Fsp3) is 0.870. The Labute approximate surface area is 613 Å². The second-order valence-corrected chi connectivity index (χ2v) is 30.6. The number of hydrogen-bond acceptors (Lipinski definition) is 5. The molecule has 2 unspecified atom stereocenters. The molecule has 0 saturated heterocycles. The minimum absolute atomic E-state index is 0.0133. The third-order valence-electron chi connectivity index (χ3n) is 20.8. The molecule has 6 heteroatoms. The lowest BCUT2D eigenvalue weighted by molar-refractivity contribution is -0.143. The largest absolute Gasteiger partial charge is 0.466 e. The van der Waals surface area contributed by atoms with Gasteiger partial charge in [-0.25, -0.2) is 0 Å². The zero-order chi connectivity index (χ0) is 70.5. The van der Waals surface area contributed by atoms with Crippen molar-refractivity contribution in [3.63, 3.8) is 0 Å². The summed E-state index contributed by atoms with van der Waals surface area (Å²) in [6, 6.07) is -0.628. The van der Waals surface area contributed by atoms with Crippen molar-refractivity contribution < 1.29 is 24.5 Å². The summed E-state index contributed by atoms with van der Waals surface area (Å²) in [5.74, 6) is -0.0466. The van der Waals surface area contributed by atoms with Gasteiger partial charge in [0.1, 0.15) is 0 Å². The molecule has 0 heterocycles. The molecule has 0 bridgehead atoms. The van der Waals surface area contributed by atoms with Crippen molar-refractivity contribution in [1.29, 1.82) is 0 Å². The van der Waals surface area contributed by atoms with Crippen LogP contribution in [0.5, 0.6) is 0 Å². The van der Waals surface area contributed by atoms with Gasteiger partial charge in [-0.1, -0.05) is 441 Å². The van der Waals surface area contributed by atoms with E-state index in [1.54, 1.807) is 6.08 Å². The summed E-state index contributed by atoms with van der Waals surface area (Å²) in [7, 11) is 0. The van der Waals surface area contributed by atoms with E-state index in [-0.39, 0.29) is 18.5 Å². The maximum Gasteiger partial charge on any atom is 0.305 e. The molecule has 0 radical (unpaired) electrons. The topological polar surface area (TPSA) is 95.9 Å². The van der Waals surface area contributed by atoms with E-state index >= 15 is 0 Å². The predicted molar refractivity (Wildman–Crippen MR) is 435 cm³/mol. The number of allylic oxidation sites excluding steroid dienone is 9. The smallest absolute Gasteiger partial charge is 0.305 e. The van der Waals surface area contributed by atoms with Gasteiger partial charge >= 0.3 is 5.97 Å². The summed E-state index contributed by atoms with van der Waals surface area (Å²) in [6.45, 7) is 4.94. The summed E-state index contributed by atoms with van der Waals surface area (Å²) in [5, 5.41) is 23.3. The lowest BCUT2D eigenvalue weighted by atomic mass is 10.0. The molecule has 0 saturated carbocycles. The number of carbonyl (C=O) groups is 2. The fourth-order valence-electron chi connectivity index (χ4n) is 14.0. The third-order valence-corrected chi connectivity index (χ3v) is 20.8. The van der Waals surface area contributed by atoms with E-state index in [2.05, 4.69) is 67.8 Å². The van der Waals surface area contributed by atoms with Crippen LogP contribution in [0, 0.1) is 0 Å². The predicted octanol–water partition coefficient (Wildman–Crippen LogP) is 30.1. The molecule has 0 aromatic rings. The highest BCUT2D eigenvalue weighted by molar-refractivity contribution is 5.76. The van der Waals surface area contributed by atoms with Crippen molar-refractivity contribution in [3.8, 4) is 0 Å². The monoisotopic (exact) mass is 1370 g/mol. The second kappa shape index (κ2) is 87.0. The van der Waals surface area contributed by atoms with Gasteiger partial charge < -0.3 is 20.3 Å². The average molecular weight is 1370 g/mol. The molecule has 6 nitrogen and oxygen atoms in total. The molecule has 0 aromatic heterocycles. The quantitative estimate of drug-likeness (QED) is 0.0320. The molecule has 98 heavy (non-hydrogen) atoms. The van der Waals surface area contributed by atoms with E-state index in [1.165, 1.54) is 405 Å². The Hall–Kier alpha value is -2.44. The number of carbonyl (C=O) groups excluding carboxylic acids is 2. The molecule has 0 aliphatic rings. The van der Waals surface area contributed by atoms with Crippen LogP contribution in [-0.2, 0) is 14.3 Å². The minimum Gasteiger partial charge on any atom is -0.466 e. The van der Waals surface area contributed by atoms with Crippen molar-refractivity contribution in [2.24, 2.45) is 0 Å². The Balaban J connectivity index is 3.38. The minimum atomic E-state index is -0.845. The first-order chi connectivity index (χ1) is 48.5. The number of ether oxygens (including phenoxy) is 1. The molecule has 0 rings (SSSR count). The summed E-state index contributed by atoms with van der Waals surface area (Å²) in [5.41, 5.74) is 0. The van der Waals surface area contributed by atoms with E-state index in [0.717, 1.165) is 57.8 Å². The number of hydrogen-bond donors (Lipinski definition) is 3. The molecule has 1 amide bonds. The van der Waals surface area contributed by atoms with Gasteiger partial charge in [0, 0.05) is 12.8 Å². The standard InChI is InChI=1S/C92H173NO5/c1-3-5-7-9-11-13-15-17-19-21-23-24-25-43-46-49-52-56-60-64-68-72-76-80-84-90(95)89(88-94)93-91(96)85-81-77-73-69-65-61-57-53-50-47-44-41-39-37-35-33-31-29-27-26-28-30-32-34-36-38-40-42-45-48-51-55-59-63-67-71-75-79-83-87-98-92(97)86-82-78-74-70-66-62-58-54-22-20-18-16-14-12-10-8-6-4-2/h14,16,20,22,26-27,30,32,80,84,89-90,94-95H,3-13,15,17-19,21,23-25,28-29,31,33-79,81-83,85-88H2,1-2H3,(H,93,96)/b16-14-,22-20-,27-26-,32-30-,84-80+. The normalized spacial score (nSPS) is 12.7. The van der Waals surface area contributed by atoms with Gasteiger partial charge in [0.15, 0.2) is 0 Å². The van der Waals surface area contributed by atoms with E-state index in [4.69, 9.17) is 4.74 Å². The van der Waals surface area contributed by atoms with Gasteiger partial charge in [-0.15, -0.1) is 0 Å². The Morgan fingerprint density at radius 1 is 0.286 bits per heavy atom. The zero-order valence-electron chi connectivity index (χ0n) is 66.3. The van der Waals surface area contributed by atoms with Crippen molar-refractivity contribution in [3.05, 3.63) is 60.8 Å². The lowest BCUT2D eigenvalue weighted by Gasteiger charge is -2.20. The number of aliphatic hydroxyl groups is 2. The van der Waals surface area contributed by atoms with Crippen LogP contribution in [0.4, 0.5) is 0 Å². The maximum absolute atomic E-state index is 12.6. The highest BCUT2D eigenvalue weighted by Gasteiger charge is 2.18. The van der Waals surface area contributed by atoms with Crippen LogP contribution in [0.2, 0.25) is 0 Å². The van der Waals surface area contributed by atoms with Crippen molar-refractivity contribution in [1.82, 2.24) is 5.32 Å². The molecular formula is C92H173NO5. The van der Waals surface area contributed by atoms with Crippen molar-refractivity contribution in [2.75, 3.05) is 13.2 Å². The van der Waals surface area contributed by atoms with Gasteiger partial charge in [0.2, 0.25) is 5.91 Å². The Morgan fingerprint density at radius 3 is 0.786 bits per heavy atom. The fourth-order valence-corrected chi connectivity index (χ4v) is 14.0. The van der Waals surface area contributed by atoms with Crippen LogP contribution in [0.15, 0.2) is 60.8 Å². The van der Waals surface area contributed by atoms with Gasteiger partial charge in [0.05, 0.1) is 25.4 Å². The Bertz CT molecular complexity index is 1680. The van der Waals surface area contributed by atoms with Crippen LogP contribution < -0.4 is 5.32 Å². The number of nitrogens with one attached hydrogen (secondary N) is 1. The summed E-state index contributed by atoms with van der Waals surface area (Å²) < 4.78 is 5.51. The Kier molecular flexibility index (Phi) is 84.8. The zero-order valence-corrected chi connectivity index (χ0v) is 66.3. The maximum atomic E-state index is 12.6. The highest BCUT2D eigenvalue weighted by Crippen LogP contribution is 2.20. The van der Waals surface area contributed by atoms with E-state index < -0.39 is 12.1 Å². The van der Waals surface area contributed by atoms with Crippen LogP contribution in [0.25, 0.3) is 0 Å². The molecule has 0 spiro atoms. The molecule has 576 valence electrons. The summed E-state index contributed by atoms with van der Waals surface area (Å²) in [6.07, 6.45) is 118. The first kappa shape index (κ1) is 95.6. The average Bonchev–Trinajstić information content (AvgIpc) is 1.88. The van der Waals surface area contributed by atoms with Crippen molar-refractivity contribution in [2.45, 2.75) is 501 Å². The van der Waals surface area contributed by atoms with E-state index in [1.807, 2.05) is 6.08 Å². The highest BCUT2D eigenvalue weighted by atomic mass is 16.5. The molecule has 0 fully saturated rings. The van der Waals surface area contributed by atoms with Crippen LogP contribution >= 0.6 is 0 Å². The number of rotatable bonds is 84. The van der Waals surface area contributed by atoms with Gasteiger partial charge in [-0.05, 0) is 96.3 Å². The summed E-state index contributed by atoms with van der Waals surface area (Å²) in [4.78, 5) is 24.7. The van der Waals surface area contributed by atoms with E-state index in [0.29, 0.717) is 19.4 Å². The molecule has 0 aliphatic carbocycles. The number of amides is 1. The number of esters is 1. The van der Waals surface area contributed by atoms with Crippen molar-refractivity contribution >= 4 is 11.9 Å². The van der Waals surface area contributed by atoms with Gasteiger partial charge in [0.25, 0.3) is 0 Å². The molecular weight excluding hydrogens is 1200 g/mol. The lowest BCUT2D eigenvalue weighted by Crippen LogP contribution is -2.45. The second-order valence-electron chi connectivity index (χ2n) is 30.6. The molecule has 0 aromatic carbocycles. The van der Waals surface area contributed by atoms with Gasteiger partial charge in [-0.3, -0.25) is 9.59 Å². The molecule has 0 aliphatic heterocycles. The van der Waals surface area contributed by atoms with Gasteiger partial charge in [-0.2, -0.15) is 0 Å². The molecule has 2 atom stereocenters. The SMILES string of the molecule is CCCCCC/C=C\C/C=C\CCCCCCCCCC(=O)OCCCCCCCCCCCCCCCCC/C=C\C/C=C\CCCCCCCCCCCCCCCCCCCC(=O)NC(CO)C(O)/C=C/CCCCCCCCCCCCCCCCCCCCCCCC. The first-order valence-corrected chi connectivity index (χ1v) is 44.6. The first-order valence-electron chi connectivity index (χ1n) is 44.6. The van der Waals surface area contributed by atoms with Crippen LogP contribution in [-0.4, -0.2) is 47.4 Å². The third kappa shape index (κ3) is 82.5. The van der Waals surface area contributed by atoms with E-state index in [9.17, 15) is 19.8 Å². The number of unbranched alkanes of at least 4 members (excludes halogenated alkanes) is 65. The molecule has 3 N–H and O–H groups in total. The van der Waals surface area contributed by atoms with Crippen LogP contribution in [0.3, 0.4) is 0 Å². The summed E-state index contributed by atoms with van der Waals surface area (Å²) >= 11 is 0. The Morgan fingerprint density at radius 2 is 0.510 bits per heavy atom.